The third-order valence-electron chi connectivity index (χ3n) is 2.67. The zero-order valence-electron chi connectivity index (χ0n) is 10.2. The highest BCUT2D eigenvalue weighted by Crippen LogP contribution is 2.20. The Hall–Kier alpha value is -2.38. The van der Waals surface area contributed by atoms with Gasteiger partial charge >= 0.3 is 0 Å². The molecular formula is C10H15N7O. The van der Waals surface area contributed by atoms with Crippen molar-refractivity contribution >= 4 is 28.8 Å². The minimum Gasteiger partial charge on any atom is -0.369 e. The standard InChI is InChI=1S/C10H15N7O/c1-10(2,8(11)18)3-13-6-5-7(15-4-14-5)17-9(12)16-6/h4H,3H2,1-2H3,(H2,11,18)(H4,12,13,14,15,16,17). The number of carbonyl (C=O) groups is 1. The lowest BCUT2D eigenvalue weighted by Gasteiger charge is -2.21. The van der Waals surface area contributed by atoms with Crippen LogP contribution in [0.3, 0.4) is 0 Å². The Bertz CT molecular complexity index is 589. The van der Waals surface area contributed by atoms with Gasteiger partial charge in [-0.15, -0.1) is 0 Å². The number of fused-ring (bicyclic) bond motifs is 1. The molecule has 8 nitrogen and oxygen atoms in total. The molecule has 2 aromatic heterocycles. The second-order valence-corrected chi connectivity index (χ2v) is 4.63. The van der Waals surface area contributed by atoms with Gasteiger partial charge in [-0.1, -0.05) is 0 Å². The third kappa shape index (κ3) is 2.17. The highest BCUT2D eigenvalue weighted by molar-refractivity contribution is 5.84. The van der Waals surface area contributed by atoms with E-state index in [0.717, 1.165) is 0 Å². The van der Waals surface area contributed by atoms with Gasteiger partial charge in [0.15, 0.2) is 11.5 Å². The molecule has 0 aliphatic rings. The number of aromatic nitrogens is 4. The lowest BCUT2D eigenvalue weighted by molar-refractivity contribution is -0.125. The Morgan fingerprint density at radius 3 is 2.89 bits per heavy atom. The van der Waals surface area contributed by atoms with Crippen molar-refractivity contribution in [1.82, 2.24) is 19.9 Å². The molecule has 0 unspecified atom stereocenters. The minimum absolute atomic E-state index is 0.119. The van der Waals surface area contributed by atoms with E-state index in [1.54, 1.807) is 13.8 Å². The van der Waals surface area contributed by atoms with Crippen LogP contribution in [0.5, 0.6) is 0 Å². The Balaban J connectivity index is 2.27. The molecule has 0 aliphatic heterocycles. The number of amides is 1. The summed E-state index contributed by atoms with van der Waals surface area (Å²) >= 11 is 0. The predicted molar refractivity (Wildman–Crippen MR) is 67.6 cm³/mol. The van der Waals surface area contributed by atoms with E-state index >= 15 is 0 Å². The summed E-state index contributed by atoms with van der Waals surface area (Å²) in [7, 11) is 0. The Morgan fingerprint density at radius 2 is 2.22 bits per heavy atom. The first-order valence-corrected chi connectivity index (χ1v) is 5.40. The SMILES string of the molecule is CC(C)(CNc1nc(N)nc2nc[nH]c12)C(N)=O. The molecule has 6 N–H and O–H groups in total. The van der Waals surface area contributed by atoms with Crippen LogP contribution < -0.4 is 16.8 Å². The van der Waals surface area contributed by atoms with Gasteiger partial charge in [-0.05, 0) is 13.8 Å². The summed E-state index contributed by atoms with van der Waals surface area (Å²) in [5, 5.41) is 3.03. The van der Waals surface area contributed by atoms with Crippen molar-refractivity contribution in [3.05, 3.63) is 6.33 Å². The first kappa shape index (κ1) is 12.1. The van der Waals surface area contributed by atoms with E-state index in [2.05, 4.69) is 25.3 Å². The molecule has 0 aromatic carbocycles. The second-order valence-electron chi connectivity index (χ2n) is 4.63. The number of primary amides is 1. The summed E-state index contributed by atoms with van der Waals surface area (Å²) in [6.07, 6.45) is 1.50. The van der Waals surface area contributed by atoms with Crippen LogP contribution in [0.25, 0.3) is 11.2 Å². The van der Waals surface area contributed by atoms with Gasteiger partial charge in [-0.2, -0.15) is 9.97 Å². The molecule has 8 heteroatoms. The molecule has 0 saturated carbocycles. The van der Waals surface area contributed by atoms with Gasteiger partial charge in [-0.25, -0.2) is 4.98 Å². The van der Waals surface area contributed by atoms with E-state index in [4.69, 9.17) is 11.5 Å². The zero-order chi connectivity index (χ0) is 13.3. The summed E-state index contributed by atoms with van der Waals surface area (Å²) in [4.78, 5) is 26.2. The molecule has 18 heavy (non-hydrogen) atoms. The molecular weight excluding hydrogens is 234 g/mol. The van der Waals surface area contributed by atoms with Crippen LogP contribution in [0.2, 0.25) is 0 Å². The molecule has 96 valence electrons. The van der Waals surface area contributed by atoms with E-state index in [9.17, 15) is 4.79 Å². The van der Waals surface area contributed by atoms with Gasteiger partial charge in [0.1, 0.15) is 5.52 Å². The maximum absolute atomic E-state index is 11.2. The van der Waals surface area contributed by atoms with E-state index in [1.165, 1.54) is 6.33 Å². The molecule has 0 atom stereocenters. The molecule has 0 spiro atoms. The number of imidazole rings is 1. The topological polar surface area (TPSA) is 136 Å². The smallest absolute Gasteiger partial charge is 0.224 e. The molecule has 0 fully saturated rings. The second kappa shape index (κ2) is 4.13. The van der Waals surface area contributed by atoms with Gasteiger partial charge in [0.2, 0.25) is 11.9 Å². The Labute approximate surface area is 103 Å². The lowest BCUT2D eigenvalue weighted by Crippen LogP contribution is -2.37. The number of H-pyrrole nitrogens is 1. The number of nitrogens with zero attached hydrogens (tertiary/aromatic N) is 3. The maximum Gasteiger partial charge on any atom is 0.224 e. The molecule has 2 aromatic rings. The fourth-order valence-electron chi connectivity index (χ4n) is 1.37. The number of carbonyl (C=O) groups excluding carboxylic acids is 1. The molecule has 2 heterocycles. The van der Waals surface area contributed by atoms with Gasteiger partial charge in [0.25, 0.3) is 0 Å². The first-order chi connectivity index (χ1) is 8.40. The number of hydrogen-bond acceptors (Lipinski definition) is 6. The van der Waals surface area contributed by atoms with Crippen LogP contribution in [0, 0.1) is 5.41 Å². The van der Waals surface area contributed by atoms with Crippen molar-refractivity contribution < 1.29 is 4.79 Å². The molecule has 1 amide bonds. The summed E-state index contributed by atoms with van der Waals surface area (Å²) in [5.74, 6) is 0.233. The van der Waals surface area contributed by atoms with Crippen LogP contribution >= 0.6 is 0 Å². The van der Waals surface area contributed by atoms with Crippen LogP contribution in [0.15, 0.2) is 6.33 Å². The van der Waals surface area contributed by atoms with Crippen LogP contribution in [-0.2, 0) is 4.79 Å². The number of anilines is 2. The number of nitrogens with one attached hydrogen (secondary N) is 2. The van der Waals surface area contributed by atoms with Crippen LogP contribution in [0.1, 0.15) is 13.8 Å². The normalized spacial score (nSPS) is 11.7. The predicted octanol–water partition coefficient (Wildman–Crippen LogP) is -0.141. The number of aromatic amines is 1. The van der Waals surface area contributed by atoms with Gasteiger partial charge in [0, 0.05) is 6.54 Å². The lowest BCUT2D eigenvalue weighted by atomic mass is 9.93. The van der Waals surface area contributed by atoms with Crippen molar-refractivity contribution in [3.63, 3.8) is 0 Å². The molecule has 2 rings (SSSR count). The van der Waals surface area contributed by atoms with Gasteiger partial charge in [0.05, 0.1) is 11.7 Å². The summed E-state index contributed by atoms with van der Waals surface area (Å²) in [6, 6.07) is 0. The fourth-order valence-corrected chi connectivity index (χ4v) is 1.37. The largest absolute Gasteiger partial charge is 0.369 e. The van der Waals surface area contributed by atoms with Crippen molar-refractivity contribution in [2.75, 3.05) is 17.6 Å². The quantitative estimate of drug-likeness (QED) is 0.595. The fraction of sp³-hybridized carbons (Fsp3) is 0.400. The van der Waals surface area contributed by atoms with E-state index in [1.807, 2.05) is 0 Å². The van der Waals surface area contributed by atoms with Crippen LogP contribution in [0.4, 0.5) is 11.8 Å². The maximum atomic E-state index is 11.2. The molecule has 0 saturated heterocycles. The summed E-state index contributed by atoms with van der Waals surface area (Å²) in [6.45, 7) is 3.83. The van der Waals surface area contributed by atoms with E-state index < -0.39 is 11.3 Å². The average molecular weight is 249 g/mol. The minimum atomic E-state index is -0.688. The highest BCUT2D eigenvalue weighted by Gasteiger charge is 2.25. The first-order valence-electron chi connectivity index (χ1n) is 5.40. The summed E-state index contributed by atoms with van der Waals surface area (Å²) in [5.41, 5.74) is 11.3. The van der Waals surface area contributed by atoms with E-state index in [-0.39, 0.29) is 5.95 Å². The van der Waals surface area contributed by atoms with Crippen molar-refractivity contribution in [2.24, 2.45) is 11.1 Å². The number of nitrogen functional groups attached to an aromatic ring is 1. The Kier molecular flexibility index (Phi) is 2.77. The number of rotatable bonds is 4. The van der Waals surface area contributed by atoms with Crippen LogP contribution in [-0.4, -0.2) is 32.4 Å². The van der Waals surface area contributed by atoms with Crippen molar-refractivity contribution in [2.45, 2.75) is 13.8 Å². The Morgan fingerprint density at radius 1 is 1.50 bits per heavy atom. The molecule has 0 radical (unpaired) electrons. The monoisotopic (exact) mass is 249 g/mol. The van der Waals surface area contributed by atoms with Gasteiger partial charge < -0.3 is 21.8 Å². The number of hydrogen-bond donors (Lipinski definition) is 4. The van der Waals surface area contributed by atoms with Crippen molar-refractivity contribution in [1.29, 1.82) is 0 Å². The van der Waals surface area contributed by atoms with E-state index in [0.29, 0.717) is 23.5 Å². The van der Waals surface area contributed by atoms with Crippen molar-refractivity contribution in [3.8, 4) is 0 Å². The third-order valence-corrected chi connectivity index (χ3v) is 2.67. The molecule has 0 aliphatic carbocycles. The highest BCUT2D eigenvalue weighted by atomic mass is 16.1. The molecule has 0 bridgehead atoms. The van der Waals surface area contributed by atoms with Gasteiger partial charge in [-0.3, -0.25) is 4.79 Å². The number of nitrogens with two attached hydrogens (primary N) is 2. The zero-order valence-corrected chi connectivity index (χ0v) is 10.2. The average Bonchev–Trinajstić information content (AvgIpc) is 2.73. The summed E-state index contributed by atoms with van der Waals surface area (Å²) < 4.78 is 0.